The van der Waals surface area contributed by atoms with Crippen molar-refractivity contribution in [3.63, 3.8) is 0 Å². The van der Waals surface area contributed by atoms with E-state index in [0.717, 1.165) is 13.1 Å². The Labute approximate surface area is 130 Å². The number of amides is 1. The van der Waals surface area contributed by atoms with Crippen molar-refractivity contribution in [3.8, 4) is 5.75 Å². The Kier molecular flexibility index (Phi) is 5.05. The van der Waals surface area contributed by atoms with Crippen molar-refractivity contribution in [3.05, 3.63) is 18.2 Å². The summed E-state index contributed by atoms with van der Waals surface area (Å²) in [6.07, 6.45) is 0. The zero-order chi connectivity index (χ0) is 16.3. The van der Waals surface area contributed by atoms with Gasteiger partial charge in [-0.15, -0.1) is 0 Å². The molecule has 0 spiro atoms. The van der Waals surface area contributed by atoms with Crippen LogP contribution in [0.3, 0.4) is 0 Å². The fourth-order valence-electron chi connectivity index (χ4n) is 2.41. The van der Waals surface area contributed by atoms with Gasteiger partial charge in [0.25, 0.3) is 0 Å². The number of anilines is 1. The van der Waals surface area contributed by atoms with E-state index >= 15 is 0 Å². The standard InChI is InChI=1S/C14H21N3O4S/c1-11(18)15-12-4-5-13(21-3)14(10-12)22(19,20)17-8-6-16(2)7-9-17/h4-5,10H,6-9H2,1-3H3,(H,15,18)/p+1. The Morgan fingerprint density at radius 2 is 1.95 bits per heavy atom. The minimum atomic E-state index is -3.64. The lowest BCUT2D eigenvalue weighted by Crippen LogP contribution is -3.12. The zero-order valence-corrected chi connectivity index (χ0v) is 13.9. The van der Waals surface area contributed by atoms with Crippen molar-refractivity contribution in [2.45, 2.75) is 11.8 Å². The maximum Gasteiger partial charge on any atom is 0.247 e. The van der Waals surface area contributed by atoms with Crippen LogP contribution in [0.5, 0.6) is 5.75 Å². The first-order chi connectivity index (χ1) is 10.3. The minimum Gasteiger partial charge on any atom is -0.495 e. The van der Waals surface area contributed by atoms with E-state index in [1.807, 2.05) is 7.05 Å². The summed E-state index contributed by atoms with van der Waals surface area (Å²) in [6, 6.07) is 4.62. The van der Waals surface area contributed by atoms with Gasteiger partial charge in [-0.3, -0.25) is 4.79 Å². The molecule has 1 aliphatic rings. The third kappa shape index (κ3) is 3.57. The molecule has 1 aromatic rings. The molecule has 2 rings (SSSR count). The van der Waals surface area contributed by atoms with E-state index < -0.39 is 10.0 Å². The molecule has 0 aliphatic carbocycles. The lowest BCUT2D eigenvalue weighted by Gasteiger charge is -2.29. The second-order valence-electron chi connectivity index (χ2n) is 5.41. The summed E-state index contributed by atoms with van der Waals surface area (Å²) in [4.78, 5) is 12.6. The summed E-state index contributed by atoms with van der Waals surface area (Å²) >= 11 is 0. The summed E-state index contributed by atoms with van der Waals surface area (Å²) in [5, 5.41) is 2.60. The Morgan fingerprint density at radius 1 is 1.32 bits per heavy atom. The topological polar surface area (TPSA) is 80.1 Å². The highest BCUT2D eigenvalue weighted by molar-refractivity contribution is 7.89. The number of methoxy groups -OCH3 is 1. The fourth-order valence-corrected chi connectivity index (χ4v) is 4.03. The number of nitrogens with zero attached hydrogens (tertiary/aromatic N) is 1. The van der Waals surface area contributed by atoms with Crippen molar-refractivity contribution >= 4 is 21.6 Å². The SMILES string of the molecule is COc1ccc(NC(C)=O)cc1S(=O)(=O)N1CC[NH+](C)CC1. The Morgan fingerprint density at radius 3 is 2.50 bits per heavy atom. The lowest BCUT2D eigenvalue weighted by atomic mass is 10.3. The molecule has 1 aromatic carbocycles. The van der Waals surface area contributed by atoms with E-state index in [0.29, 0.717) is 18.8 Å². The predicted molar refractivity (Wildman–Crippen MR) is 82.7 cm³/mol. The van der Waals surface area contributed by atoms with Gasteiger partial charge in [-0.1, -0.05) is 0 Å². The Hall–Kier alpha value is -1.64. The monoisotopic (exact) mass is 328 g/mol. The molecule has 0 saturated carbocycles. The maximum absolute atomic E-state index is 12.8. The predicted octanol–water partition coefficient (Wildman–Crippen LogP) is -0.827. The highest BCUT2D eigenvalue weighted by Crippen LogP contribution is 2.29. The quantitative estimate of drug-likeness (QED) is 0.756. The lowest BCUT2D eigenvalue weighted by molar-refractivity contribution is -0.883. The Bertz CT molecular complexity index is 652. The molecule has 7 nitrogen and oxygen atoms in total. The highest BCUT2D eigenvalue weighted by atomic mass is 32.2. The number of benzene rings is 1. The Balaban J connectivity index is 2.37. The first kappa shape index (κ1) is 16.7. The van der Waals surface area contributed by atoms with Crippen LogP contribution in [0.1, 0.15) is 6.92 Å². The normalized spacial score (nSPS) is 17.2. The second kappa shape index (κ2) is 6.64. The average Bonchev–Trinajstić information content (AvgIpc) is 2.47. The number of carbonyl (C=O) groups excluding carboxylic acids is 1. The van der Waals surface area contributed by atoms with Crippen LogP contribution in [0, 0.1) is 0 Å². The average molecular weight is 328 g/mol. The van der Waals surface area contributed by atoms with Crippen LogP contribution in [0.2, 0.25) is 0 Å². The number of ether oxygens (including phenoxy) is 1. The van der Waals surface area contributed by atoms with E-state index in [9.17, 15) is 13.2 Å². The van der Waals surface area contributed by atoms with Crippen molar-refractivity contribution < 1.29 is 22.8 Å². The molecular formula is C14H22N3O4S+. The molecule has 1 fully saturated rings. The van der Waals surface area contributed by atoms with E-state index in [1.165, 1.54) is 29.3 Å². The molecule has 0 aromatic heterocycles. The number of carbonyl (C=O) groups is 1. The van der Waals surface area contributed by atoms with Gasteiger partial charge in [0.1, 0.15) is 10.6 Å². The number of hydrogen-bond acceptors (Lipinski definition) is 4. The van der Waals surface area contributed by atoms with E-state index in [-0.39, 0.29) is 16.6 Å². The van der Waals surface area contributed by atoms with Gasteiger partial charge >= 0.3 is 0 Å². The first-order valence-electron chi connectivity index (χ1n) is 7.11. The van der Waals surface area contributed by atoms with Gasteiger partial charge in [0.2, 0.25) is 15.9 Å². The van der Waals surface area contributed by atoms with Gasteiger partial charge in [-0.25, -0.2) is 8.42 Å². The summed E-state index contributed by atoms with van der Waals surface area (Å²) in [7, 11) is -0.168. The third-order valence-electron chi connectivity index (χ3n) is 3.68. The molecule has 0 atom stereocenters. The number of likely N-dealkylation sites (N-methyl/N-ethyl adjacent to an activating group) is 1. The molecule has 2 N–H and O–H groups in total. The number of nitrogens with one attached hydrogen (secondary N) is 2. The molecule has 0 bridgehead atoms. The van der Waals surface area contributed by atoms with Crippen molar-refractivity contribution in [1.29, 1.82) is 0 Å². The summed E-state index contributed by atoms with van der Waals surface area (Å²) in [5.41, 5.74) is 0.437. The van der Waals surface area contributed by atoms with Crippen LogP contribution in [0.25, 0.3) is 0 Å². The molecule has 1 amide bonds. The van der Waals surface area contributed by atoms with Crippen LogP contribution in [0.15, 0.2) is 23.1 Å². The summed E-state index contributed by atoms with van der Waals surface area (Å²) in [5.74, 6) is 0.0251. The van der Waals surface area contributed by atoms with Gasteiger partial charge in [0.15, 0.2) is 0 Å². The van der Waals surface area contributed by atoms with Gasteiger partial charge in [0.05, 0.1) is 40.3 Å². The van der Waals surface area contributed by atoms with E-state index in [2.05, 4.69) is 5.32 Å². The van der Waals surface area contributed by atoms with Gasteiger partial charge in [0, 0.05) is 12.6 Å². The maximum atomic E-state index is 12.8. The number of rotatable bonds is 4. The van der Waals surface area contributed by atoms with Crippen LogP contribution < -0.4 is 15.0 Å². The van der Waals surface area contributed by atoms with Crippen LogP contribution in [-0.4, -0.2) is 59.0 Å². The van der Waals surface area contributed by atoms with Gasteiger partial charge in [-0.05, 0) is 18.2 Å². The molecule has 0 radical (unpaired) electrons. The smallest absolute Gasteiger partial charge is 0.247 e. The zero-order valence-electron chi connectivity index (χ0n) is 13.0. The van der Waals surface area contributed by atoms with Crippen LogP contribution in [0.4, 0.5) is 5.69 Å². The molecule has 1 aliphatic heterocycles. The highest BCUT2D eigenvalue weighted by Gasteiger charge is 2.31. The van der Waals surface area contributed by atoms with Crippen molar-refractivity contribution in [1.82, 2.24) is 4.31 Å². The number of sulfonamides is 1. The molecule has 8 heteroatoms. The molecule has 1 saturated heterocycles. The number of piperazine rings is 1. The number of quaternary nitrogens is 1. The fraction of sp³-hybridized carbons (Fsp3) is 0.500. The first-order valence-corrected chi connectivity index (χ1v) is 8.55. The third-order valence-corrected chi connectivity index (χ3v) is 5.60. The van der Waals surface area contributed by atoms with E-state index in [4.69, 9.17) is 4.74 Å². The minimum absolute atomic E-state index is 0.0841. The molecular weight excluding hydrogens is 306 g/mol. The molecule has 1 heterocycles. The molecule has 22 heavy (non-hydrogen) atoms. The largest absolute Gasteiger partial charge is 0.495 e. The van der Waals surface area contributed by atoms with Crippen molar-refractivity contribution in [2.75, 3.05) is 45.7 Å². The second-order valence-corrected chi connectivity index (χ2v) is 7.31. The number of hydrogen-bond donors (Lipinski definition) is 2. The summed E-state index contributed by atoms with van der Waals surface area (Å²) < 4.78 is 32.3. The summed E-state index contributed by atoms with van der Waals surface area (Å²) in [6.45, 7) is 3.87. The molecule has 122 valence electrons. The van der Waals surface area contributed by atoms with Gasteiger partial charge in [-0.2, -0.15) is 4.31 Å². The van der Waals surface area contributed by atoms with Crippen LogP contribution >= 0.6 is 0 Å². The van der Waals surface area contributed by atoms with Crippen LogP contribution in [-0.2, 0) is 14.8 Å². The van der Waals surface area contributed by atoms with Crippen molar-refractivity contribution in [2.24, 2.45) is 0 Å². The molecule has 0 unspecified atom stereocenters. The van der Waals surface area contributed by atoms with E-state index in [1.54, 1.807) is 12.1 Å². The van der Waals surface area contributed by atoms with Gasteiger partial charge < -0.3 is 15.0 Å².